The molecule has 0 radical (unpaired) electrons. The molecule has 3 nitrogen and oxygen atoms in total. The topological polar surface area (TPSA) is 23.6 Å². The van der Waals surface area contributed by atoms with Crippen LogP contribution in [0.15, 0.2) is 24.3 Å². The van der Waals surface area contributed by atoms with E-state index in [0.717, 1.165) is 13.0 Å². The van der Waals surface area contributed by atoms with Crippen LogP contribution in [-0.2, 0) is 4.79 Å². The first kappa shape index (κ1) is 16.5. The minimum absolute atomic E-state index is 0.191. The average Bonchev–Trinajstić information content (AvgIpc) is 3.00. The summed E-state index contributed by atoms with van der Waals surface area (Å²) in [5, 5.41) is 0. The number of rotatable bonds is 2. The van der Waals surface area contributed by atoms with E-state index in [0.29, 0.717) is 18.4 Å². The second kappa shape index (κ2) is 6.27. The summed E-state index contributed by atoms with van der Waals surface area (Å²) in [4.78, 5) is 16.7. The van der Waals surface area contributed by atoms with Gasteiger partial charge in [0, 0.05) is 31.6 Å². The van der Waals surface area contributed by atoms with E-state index in [9.17, 15) is 4.79 Å². The van der Waals surface area contributed by atoms with Crippen molar-refractivity contribution in [2.45, 2.75) is 64.0 Å². The predicted molar refractivity (Wildman–Crippen MR) is 94.5 cm³/mol. The van der Waals surface area contributed by atoms with Crippen molar-refractivity contribution >= 4 is 5.91 Å². The number of carbonyl (C=O) groups excluding carboxylic acids is 1. The van der Waals surface area contributed by atoms with Crippen LogP contribution < -0.4 is 0 Å². The zero-order chi connectivity index (χ0) is 16.6. The van der Waals surface area contributed by atoms with Crippen LogP contribution >= 0.6 is 0 Å². The van der Waals surface area contributed by atoms with E-state index < -0.39 is 0 Å². The van der Waals surface area contributed by atoms with Crippen LogP contribution in [-0.4, -0.2) is 41.4 Å². The molecule has 1 unspecified atom stereocenters. The van der Waals surface area contributed by atoms with Gasteiger partial charge in [0.05, 0.1) is 0 Å². The number of benzene rings is 1. The molecule has 0 N–H and O–H groups in total. The zero-order valence-corrected chi connectivity index (χ0v) is 15.0. The molecule has 3 rings (SSSR count). The zero-order valence-electron chi connectivity index (χ0n) is 15.0. The van der Waals surface area contributed by atoms with Gasteiger partial charge in [-0.2, -0.15) is 0 Å². The molecule has 0 aliphatic carbocycles. The molecule has 2 fully saturated rings. The van der Waals surface area contributed by atoms with E-state index in [2.05, 4.69) is 49.9 Å². The lowest BCUT2D eigenvalue weighted by Crippen LogP contribution is -2.41. The van der Waals surface area contributed by atoms with Gasteiger partial charge in [0.15, 0.2) is 0 Å². The van der Waals surface area contributed by atoms with Crippen molar-refractivity contribution in [1.29, 1.82) is 0 Å². The minimum Gasteiger partial charge on any atom is -0.346 e. The van der Waals surface area contributed by atoms with Crippen LogP contribution in [0.2, 0.25) is 0 Å². The number of nitrogens with zero attached hydrogens (tertiary/aromatic N) is 2. The maximum Gasteiger partial charge on any atom is 0.222 e. The van der Waals surface area contributed by atoms with Crippen molar-refractivity contribution < 1.29 is 4.79 Å². The van der Waals surface area contributed by atoms with Gasteiger partial charge in [-0.3, -0.25) is 9.69 Å². The summed E-state index contributed by atoms with van der Waals surface area (Å²) < 4.78 is 0. The van der Waals surface area contributed by atoms with Gasteiger partial charge in [-0.15, -0.1) is 0 Å². The van der Waals surface area contributed by atoms with Gasteiger partial charge in [-0.05, 0) is 63.6 Å². The fourth-order valence-electron chi connectivity index (χ4n) is 4.29. The van der Waals surface area contributed by atoms with Gasteiger partial charge in [0.2, 0.25) is 5.91 Å². The third-order valence-corrected chi connectivity index (χ3v) is 5.57. The van der Waals surface area contributed by atoms with Crippen molar-refractivity contribution in [3.8, 4) is 0 Å². The van der Waals surface area contributed by atoms with E-state index in [4.69, 9.17) is 0 Å². The first-order valence-corrected chi connectivity index (χ1v) is 8.97. The van der Waals surface area contributed by atoms with Crippen LogP contribution in [0, 0.1) is 0 Å². The highest BCUT2D eigenvalue weighted by molar-refractivity contribution is 5.77. The van der Waals surface area contributed by atoms with Gasteiger partial charge in [0.1, 0.15) is 0 Å². The SMILES string of the molecule is CN1CCC(c2ccccc2[C@H]2CCCN2C(C)(C)C)CC1=O. The molecule has 0 bridgehead atoms. The molecule has 23 heavy (non-hydrogen) atoms. The van der Waals surface area contributed by atoms with Crippen molar-refractivity contribution in [3.63, 3.8) is 0 Å². The summed E-state index contributed by atoms with van der Waals surface area (Å²) in [6, 6.07) is 9.36. The van der Waals surface area contributed by atoms with Crippen LogP contribution in [0.5, 0.6) is 0 Å². The summed E-state index contributed by atoms with van der Waals surface area (Å²) in [7, 11) is 1.92. The summed E-state index contributed by atoms with van der Waals surface area (Å²) in [6.07, 6.45) is 4.24. The minimum atomic E-state index is 0.191. The monoisotopic (exact) mass is 314 g/mol. The maximum atomic E-state index is 12.1. The molecule has 0 saturated carbocycles. The Morgan fingerprint density at radius 1 is 1.04 bits per heavy atom. The van der Waals surface area contributed by atoms with E-state index in [1.165, 1.54) is 30.5 Å². The Kier molecular flexibility index (Phi) is 4.50. The number of hydrogen-bond donors (Lipinski definition) is 0. The molecule has 0 spiro atoms. The standard InChI is InChI=1S/C20H30N2O/c1-20(2,3)22-12-7-10-18(22)17-9-6-5-8-16(17)15-11-13-21(4)19(23)14-15/h5-6,8-9,15,18H,7,10-14H2,1-4H3/t15?,18-/m1/s1. The van der Waals surface area contributed by atoms with Crippen LogP contribution in [0.3, 0.4) is 0 Å². The van der Waals surface area contributed by atoms with E-state index in [-0.39, 0.29) is 11.4 Å². The fourth-order valence-corrected chi connectivity index (χ4v) is 4.29. The van der Waals surface area contributed by atoms with Crippen molar-refractivity contribution in [3.05, 3.63) is 35.4 Å². The Hall–Kier alpha value is -1.35. The molecule has 2 atom stereocenters. The molecular weight excluding hydrogens is 284 g/mol. The smallest absolute Gasteiger partial charge is 0.222 e. The first-order chi connectivity index (χ1) is 10.9. The Labute approximate surface area is 140 Å². The van der Waals surface area contributed by atoms with Crippen molar-refractivity contribution in [1.82, 2.24) is 9.80 Å². The van der Waals surface area contributed by atoms with Crippen LogP contribution in [0.1, 0.15) is 69.5 Å². The lowest BCUT2D eigenvalue weighted by Gasteiger charge is -2.39. The molecule has 1 aromatic rings. The molecule has 1 aromatic carbocycles. The number of hydrogen-bond acceptors (Lipinski definition) is 2. The highest BCUT2D eigenvalue weighted by atomic mass is 16.2. The maximum absolute atomic E-state index is 12.1. The number of amides is 1. The largest absolute Gasteiger partial charge is 0.346 e. The van der Waals surface area contributed by atoms with Gasteiger partial charge in [0.25, 0.3) is 0 Å². The van der Waals surface area contributed by atoms with E-state index in [1.54, 1.807) is 0 Å². The lowest BCUT2D eigenvalue weighted by atomic mass is 9.83. The first-order valence-electron chi connectivity index (χ1n) is 8.97. The summed E-state index contributed by atoms with van der Waals surface area (Å²) in [5.41, 5.74) is 3.06. The summed E-state index contributed by atoms with van der Waals surface area (Å²) in [6.45, 7) is 8.99. The molecule has 2 heterocycles. The van der Waals surface area contributed by atoms with Crippen molar-refractivity contribution in [2.24, 2.45) is 0 Å². The summed E-state index contributed by atoms with van der Waals surface area (Å²) in [5.74, 6) is 0.674. The molecule has 2 aliphatic rings. The van der Waals surface area contributed by atoms with E-state index >= 15 is 0 Å². The number of likely N-dealkylation sites (tertiary alicyclic amines) is 2. The normalized spacial score (nSPS) is 26.8. The molecule has 3 heteroatoms. The van der Waals surface area contributed by atoms with Crippen molar-refractivity contribution in [2.75, 3.05) is 20.1 Å². The highest BCUT2D eigenvalue weighted by Gasteiger charge is 2.36. The number of carbonyl (C=O) groups is 1. The molecule has 126 valence electrons. The highest BCUT2D eigenvalue weighted by Crippen LogP contribution is 2.41. The quantitative estimate of drug-likeness (QED) is 0.825. The predicted octanol–water partition coefficient (Wildman–Crippen LogP) is 3.96. The number of piperidine rings is 1. The van der Waals surface area contributed by atoms with Crippen LogP contribution in [0.25, 0.3) is 0 Å². The molecule has 0 aromatic heterocycles. The molecular formula is C20H30N2O. The second-order valence-electron chi connectivity index (χ2n) is 8.16. The Balaban J connectivity index is 1.91. The van der Waals surface area contributed by atoms with Gasteiger partial charge in [-0.25, -0.2) is 0 Å². The average molecular weight is 314 g/mol. The fraction of sp³-hybridized carbons (Fsp3) is 0.650. The third-order valence-electron chi connectivity index (χ3n) is 5.57. The van der Waals surface area contributed by atoms with Gasteiger partial charge in [-0.1, -0.05) is 24.3 Å². The Morgan fingerprint density at radius 3 is 2.39 bits per heavy atom. The third kappa shape index (κ3) is 3.30. The van der Waals surface area contributed by atoms with E-state index in [1.807, 2.05) is 11.9 Å². The van der Waals surface area contributed by atoms with Crippen LogP contribution in [0.4, 0.5) is 0 Å². The molecule has 2 aliphatic heterocycles. The second-order valence-corrected chi connectivity index (χ2v) is 8.16. The molecule has 2 saturated heterocycles. The molecule has 1 amide bonds. The Bertz CT molecular complexity index is 575. The van der Waals surface area contributed by atoms with Gasteiger partial charge >= 0.3 is 0 Å². The summed E-state index contributed by atoms with van der Waals surface area (Å²) >= 11 is 0. The van der Waals surface area contributed by atoms with Gasteiger partial charge < -0.3 is 4.90 Å². The lowest BCUT2D eigenvalue weighted by molar-refractivity contribution is -0.132. The Morgan fingerprint density at radius 2 is 1.74 bits per heavy atom.